The molecule has 0 aromatic heterocycles. The summed E-state index contributed by atoms with van der Waals surface area (Å²) in [5.41, 5.74) is 0.415. The quantitative estimate of drug-likeness (QED) is 0.476. The van der Waals surface area contributed by atoms with Crippen molar-refractivity contribution in [3.63, 3.8) is 0 Å². The lowest BCUT2D eigenvalue weighted by atomic mass is 10.0. The zero-order valence-electron chi connectivity index (χ0n) is 22.6. The van der Waals surface area contributed by atoms with Crippen LogP contribution in [0, 0.1) is 12.7 Å². The molecular weight excluding hydrogens is 532 g/mol. The predicted octanol–water partition coefficient (Wildman–Crippen LogP) is 4.01. The van der Waals surface area contributed by atoms with Crippen molar-refractivity contribution in [1.82, 2.24) is 19.6 Å². The zero-order valence-corrected chi connectivity index (χ0v) is 22.6. The van der Waals surface area contributed by atoms with Gasteiger partial charge in [0.15, 0.2) is 0 Å². The molecule has 216 valence electrons. The van der Waals surface area contributed by atoms with Gasteiger partial charge in [0.2, 0.25) is 11.8 Å². The number of ether oxygens (including phenoxy) is 1. The van der Waals surface area contributed by atoms with Crippen LogP contribution in [0.25, 0.3) is 0 Å². The van der Waals surface area contributed by atoms with Crippen molar-refractivity contribution in [2.75, 3.05) is 33.7 Å². The number of carbonyl (C=O) groups excluding carboxylic acids is 3. The molecule has 4 rings (SSSR count). The van der Waals surface area contributed by atoms with Gasteiger partial charge in [-0.2, -0.15) is 13.2 Å². The third-order valence-electron chi connectivity index (χ3n) is 7.05. The predicted molar refractivity (Wildman–Crippen MR) is 137 cm³/mol. The van der Waals surface area contributed by atoms with E-state index in [1.807, 2.05) is 19.0 Å². The summed E-state index contributed by atoms with van der Waals surface area (Å²) in [6, 6.07) is 8.37. The fourth-order valence-corrected chi connectivity index (χ4v) is 5.14. The van der Waals surface area contributed by atoms with E-state index in [9.17, 15) is 31.9 Å². The Morgan fingerprint density at radius 1 is 1.07 bits per heavy atom. The van der Waals surface area contributed by atoms with E-state index in [4.69, 9.17) is 4.74 Å². The highest BCUT2D eigenvalue weighted by molar-refractivity contribution is 5.90. The lowest BCUT2D eigenvalue weighted by Crippen LogP contribution is -2.71. The van der Waals surface area contributed by atoms with Crippen LogP contribution in [-0.2, 0) is 33.7 Å². The van der Waals surface area contributed by atoms with Gasteiger partial charge in [-0.1, -0.05) is 23.8 Å². The Kier molecular flexibility index (Phi) is 8.67. The molecule has 3 amide bonds. The molecular formula is C28H32F4N4O4. The topological polar surface area (TPSA) is 73.4 Å². The Hall–Kier alpha value is -3.67. The highest BCUT2D eigenvalue weighted by Gasteiger charge is 2.49. The van der Waals surface area contributed by atoms with Crippen LogP contribution in [0.15, 0.2) is 42.5 Å². The first-order valence-corrected chi connectivity index (χ1v) is 12.9. The van der Waals surface area contributed by atoms with Crippen molar-refractivity contribution in [3.05, 3.63) is 70.5 Å². The number of rotatable bonds is 7. The molecule has 2 aromatic carbocycles. The minimum atomic E-state index is -4.54. The van der Waals surface area contributed by atoms with Crippen LogP contribution in [0.4, 0.5) is 22.4 Å². The normalized spacial score (nSPS) is 19.8. The van der Waals surface area contributed by atoms with E-state index in [0.717, 1.165) is 12.1 Å². The number of carbonyl (C=O) groups is 3. The Morgan fingerprint density at radius 3 is 2.42 bits per heavy atom. The summed E-state index contributed by atoms with van der Waals surface area (Å²) in [6.45, 7) is 1.86. The Morgan fingerprint density at radius 2 is 1.77 bits per heavy atom. The van der Waals surface area contributed by atoms with Crippen LogP contribution in [0.5, 0.6) is 0 Å². The van der Waals surface area contributed by atoms with Gasteiger partial charge in [-0.05, 0) is 69.4 Å². The molecule has 12 heteroatoms. The largest absolute Gasteiger partial charge is 0.444 e. The minimum absolute atomic E-state index is 0.0121. The second-order valence-electron chi connectivity index (χ2n) is 10.4. The SMILES string of the molecule is Cc1cc(COC(=O)N2CCC(=O)N3[C@@H]2CN(Cc2ccc(F)cc2)C(=O)[C@@H]3CCN(C)C)cc(C(F)(F)F)c1. The van der Waals surface area contributed by atoms with E-state index in [1.54, 1.807) is 17.0 Å². The summed E-state index contributed by atoms with van der Waals surface area (Å²) in [4.78, 5) is 46.1. The summed E-state index contributed by atoms with van der Waals surface area (Å²) < 4.78 is 58.6. The molecule has 2 atom stereocenters. The van der Waals surface area contributed by atoms with Gasteiger partial charge >= 0.3 is 12.3 Å². The molecule has 0 bridgehead atoms. The van der Waals surface area contributed by atoms with Crippen LogP contribution in [0.1, 0.15) is 35.1 Å². The molecule has 0 unspecified atom stereocenters. The summed E-state index contributed by atoms with van der Waals surface area (Å²) in [5, 5.41) is 0. The van der Waals surface area contributed by atoms with Gasteiger partial charge in [-0.3, -0.25) is 14.5 Å². The number of hydrogen-bond acceptors (Lipinski definition) is 5. The van der Waals surface area contributed by atoms with E-state index in [2.05, 4.69) is 0 Å². The number of nitrogens with zero attached hydrogens (tertiary/aromatic N) is 4. The van der Waals surface area contributed by atoms with E-state index in [0.29, 0.717) is 24.1 Å². The zero-order chi connectivity index (χ0) is 29.2. The second-order valence-corrected chi connectivity index (χ2v) is 10.4. The van der Waals surface area contributed by atoms with Crippen molar-refractivity contribution in [2.24, 2.45) is 0 Å². The van der Waals surface area contributed by atoms with Crippen LogP contribution in [0.3, 0.4) is 0 Å². The third kappa shape index (κ3) is 6.72. The maximum absolute atomic E-state index is 13.6. The molecule has 2 heterocycles. The fourth-order valence-electron chi connectivity index (χ4n) is 5.14. The standard InChI is InChI=1S/C28H32F4N4O4/c1-18-12-20(14-21(13-18)28(30,31)32)17-40-27(39)35-11-9-25(37)36-23(8-10-33(2)3)26(38)34(16-24(35)36)15-19-4-6-22(29)7-5-19/h4-7,12-14,23-24H,8-11,15-17H2,1-3H3/t23-,24+/m0/s1. The summed E-state index contributed by atoms with van der Waals surface area (Å²) in [6.07, 6.45) is -5.83. The fraction of sp³-hybridized carbons (Fsp3) is 0.464. The number of piperazine rings is 1. The molecule has 0 saturated carbocycles. The number of benzene rings is 2. The molecule has 8 nitrogen and oxygen atoms in total. The van der Waals surface area contributed by atoms with E-state index < -0.39 is 35.9 Å². The van der Waals surface area contributed by atoms with Gasteiger partial charge in [-0.25, -0.2) is 9.18 Å². The number of halogens is 4. The van der Waals surface area contributed by atoms with Gasteiger partial charge in [0.25, 0.3) is 0 Å². The van der Waals surface area contributed by atoms with Gasteiger partial charge in [0, 0.05) is 19.5 Å². The molecule has 2 saturated heterocycles. The number of fused-ring (bicyclic) bond motifs is 1. The maximum atomic E-state index is 13.6. The average Bonchev–Trinajstić information content (AvgIpc) is 2.88. The molecule has 2 aliphatic rings. The average molecular weight is 565 g/mol. The Labute approximate surface area is 230 Å². The monoisotopic (exact) mass is 564 g/mol. The summed E-state index contributed by atoms with van der Waals surface area (Å²) in [7, 11) is 3.69. The Bertz CT molecular complexity index is 1250. The lowest BCUT2D eigenvalue weighted by molar-refractivity contribution is -0.169. The molecule has 40 heavy (non-hydrogen) atoms. The third-order valence-corrected chi connectivity index (χ3v) is 7.05. The van der Waals surface area contributed by atoms with Gasteiger partial charge < -0.3 is 19.4 Å². The Balaban J connectivity index is 1.56. The van der Waals surface area contributed by atoms with E-state index in [1.165, 1.54) is 34.9 Å². The van der Waals surface area contributed by atoms with Gasteiger partial charge in [-0.15, -0.1) is 0 Å². The molecule has 0 aliphatic carbocycles. The lowest BCUT2D eigenvalue weighted by Gasteiger charge is -2.52. The first kappa shape index (κ1) is 29.3. The van der Waals surface area contributed by atoms with Crippen molar-refractivity contribution < 1.29 is 36.7 Å². The van der Waals surface area contributed by atoms with Crippen molar-refractivity contribution in [1.29, 1.82) is 0 Å². The van der Waals surface area contributed by atoms with Crippen LogP contribution >= 0.6 is 0 Å². The second kappa shape index (κ2) is 11.8. The smallest absolute Gasteiger partial charge is 0.416 e. The van der Waals surface area contributed by atoms with Crippen molar-refractivity contribution >= 4 is 17.9 Å². The first-order chi connectivity index (χ1) is 18.8. The molecule has 0 N–H and O–H groups in total. The number of amides is 3. The first-order valence-electron chi connectivity index (χ1n) is 12.9. The maximum Gasteiger partial charge on any atom is 0.416 e. The van der Waals surface area contributed by atoms with Gasteiger partial charge in [0.1, 0.15) is 24.6 Å². The molecule has 2 aromatic rings. The number of alkyl halides is 3. The van der Waals surface area contributed by atoms with E-state index >= 15 is 0 Å². The minimum Gasteiger partial charge on any atom is -0.444 e. The van der Waals surface area contributed by atoms with Crippen LogP contribution in [0.2, 0.25) is 0 Å². The van der Waals surface area contributed by atoms with Crippen LogP contribution < -0.4 is 0 Å². The number of aryl methyl sites for hydroxylation is 1. The molecule has 0 radical (unpaired) electrons. The van der Waals surface area contributed by atoms with Gasteiger partial charge in [0.05, 0.1) is 12.1 Å². The van der Waals surface area contributed by atoms with Crippen LogP contribution in [-0.4, -0.2) is 83.4 Å². The highest BCUT2D eigenvalue weighted by Crippen LogP contribution is 2.32. The van der Waals surface area contributed by atoms with Crippen molar-refractivity contribution in [2.45, 2.75) is 51.3 Å². The number of hydrogen-bond donors (Lipinski definition) is 0. The molecule has 2 fully saturated rings. The molecule has 2 aliphatic heterocycles. The summed E-state index contributed by atoms with van der Waals surface area (Å²) in [5.74, 6) is -0.946. The van der Waals surface area contributed by atoms with Crippen molar-refractivity contribution in [3.8, 4) is 0 Å². The molecule has 0 spiro atoms. The summed E-state index contributed by atoms with van der Waals surface area (Å²) >= 11 is 0. The van der Waals surface area contributed by atoms with E-state index in [-0.39, 0.29) is 50.0 Å². The highest BCUT2D eigenvalue weighted by atomic mass is 19.4.